The van der Waals surface area contributed by atoms with E-state index in [0.29, 0.717) is 6.04 Å². The highest BCUT2D eigenvalue weighted by Gasteiger charge is 2.30. The van der Waals surface area contributed by atoms with E-state index in [2.05, 4.69) is 36.3 Å². The summed E-state index contributed by atoms with van der Waals surface area (Å²) in [4.78, 5) is 4.17. The van der Waals surface area contributed by atoms with Crippen LogP contribution in [0.3, 0.4) is 0 Å². The molecule has 0 bridgehead atoms. The maximum absolute atomic E-state index is 10.7. The first-order valence-electron chi connectivity index (χ1n) is 6.69. The molecule has 4 heteroatoms. The molecule has 0 amide bonds. The van der Waals surface area contributed by atoms with Gasteiger partial charge >= 0.3 is 0 Å². The predicted octanol–water partition coefficient (Wildman–Crippen LogP) is 2.34. The monoisotopic (exact) mass is 257 g/mol. The molecular formula is C15H19N3O. The number of hydrogen-bond donors (Lipinski definition) is 2. The average Bonchev–Trinajstić information content (AvgIpc) is 3.05. The highest BCUT2D eigenvalue weighted by molar-refractivity contribution is 5.35. The molecule has 100 valence electrons. The van der Waals surface area contributed by atoms with Crippen molar-refractivity contribution in [2.24, 2.45) is 0 Å². The fourth-order valence-electron chi connectivity index (χ4n) is 2.76. The second kappa shape index (κ2) is 4.79. The number of nitrogens with zero attached hydrogens (tertiary/aromatic N) is 2. The van der Waals surface area contributed by atoms with Crippen molar-refractivity contribution in [2.45, 2.75) is 38.6 Å². The van der Waals surface area contributed by atoms with Gasteiger partial charge in [0.15, 0.2) is 0 Å². The molecule has 2 N–H and O–H groups in total. The van der Waals surface area contributed by atoms with E-state index in [0.717, 1.165) is 12.2 Å². The number of aliphatic hydroxyl groups is 1. The van der Waals surface area contributed by atoms with Crippen molar-refractivity contribution in [3.05, 3.63) is 53.6 Å². The lowest BCUT2D eigenvalue weighted by molar-refractivity contribution is 0.124. The van der Waals surface area contributed by atoms with E-state index in [1.54, 1.807) is 12.5 Å². The van der Waals surface area contributed by atoms with Crippen molar-refractivity contribution in [1.82, 2.24) is 14.9 Å². The van der Waals surface area contributed by atoms with Gasteiger partial charge in [0.2, 0.25) is 0 Å². The normalized spacial score (nSPS) is 19.7. The fourth-order valence-corrected chi connectivity index (χ4v) is 2.76. The summed E-state index contributed by atoms with van der Waals surface area (Å²) in [5.74, 6) is 0. The number of benzene rings is 1. The molecule has 0 saturated carbocycles. The van der Waals surface area contributed by atoms with E-state index in [1.165, 1.54) is 11.1 Å². The molecule has 0 fully saturated rings. The maximum atomic E-state index is 10.7. The molecule has 0 radical (unpaired) electrons. The molecule has 1 aromatic heterocycles. The van der Waals surface area contributed by atoms with Crippen molar-refractivity contribution < 1.29 is 5.11 Å². The number of aliphatic hydroxyl groups excluding tert-OH is 1. The summed E-state index contributed by atoms with van der Waals surface area (Å²) in [6, 6.07) is 8.49. The SMILES string of the molecule is CC(C)n1cncc1C(O)C1NCc2ccccc21. The van der Waals surface area contributed by atoms with Crippen LogP contribution in [0.2, 0.25) is 0 Å². The number of fused-ring (bicyclic) bond motifs is 1. The molecule has 0 saturated heterocycles. The van der Waals surface area contributed by atoms with Crippen LogP contribution in [-0.2, 0) is 6.54 Å². The third-order valence-electron chi connectivity index (χ3n) is 3.77. The highest BCUT2D eigenvalue weighted by atomic mass is 16.3. The number of aromatic nitrogens is 2. The number of hydrogen-bond acceptors (Lipinski definition) is 3. The minimum atomic E-state index is -0.575. The van der Waals surface area contributed by atoms with Gasteiger partial charge in [-0.25, -0.2) is 4.98 Å². The molecule has 0 spiro atoms. The third kappa shape index (κ3) is 2.07. The minimum absolute atomic E-state index is 0.0506. The van der Waals surface area contributed by atoms with Crippen LogP contribution in [-0.4, -0.2) is 14.7 Å². The Balaban J connectivity index is 1.93. The summed E-state index contributed by atoms with van der Waals surface area (Å²) < 4.78 is 2.02. The van der Waals surface area contributed by atoms with Gasteiger partial charge in [-0.05, 0) is 25.0 Å². The fraction of sp³-hybridized carbons (Fsp3) is 0.400. The molecule has 2 aromatic rings. The summed E-state index contributed by atoms with van der Waals surface area (Å²) in [7, 11) is 0. The van der Waals surface area contributed by atoms with Crippen molar-refractivity contribution in [3.63, 3.8) is 0 Å². The van der Waals surface area contributed by atoms with E-state index in [9.17, 15) is 5.11 Å². The summed E-state index contributed by atoms with van der Waals surface area (Å²) in [6.45, 7) is 5.00. The molecule has 3 rings (SSSR count). The van der Waals surface area contributed by atoms with Gasteiger partial charge in [0.1, 0.15) is 6.10 Å². The van der Waals surface area contributed by atoms with Crippen molar-refractivity contribution in [3.8, 4) is 0 Å². The second-order valence-electron chi connectivity index (χ2n) is 5.32. The van der Waals surface area contributed by atoms with Crippen LogP contribution >= 0.6 is 0 Å². The van der Waals surface area contributed by atoms with E-state index in [1.807, 2.05) is 16.7 Å². The van der Waals surface area contributed by atoms with Crippen molar-refractivity contribution >= 4 is 0 Å². The number of imidazole rings is 1. The average molecular weight is 257 g/mol. The zero-order valence-corrected chi connectivity index (χ0v) is 11.2. The lowest BCUT2D eigenvalue weighted by atomic mass is 9.99. The Kier molecular flexibility index (Phi) is 3.12. The summed E-state index contributed by atoms with van der Waals surface area (Å²) in [5, 5.41) is 14.0. The first kappa shape index (κ1) is 12.4. The Morgan fingerprint density at radius 2 is 2.16 bits per heavy atom. The summed E-state index contributed by atoms with van der Waals surface area (Å²) in [5.41, 5.74) is 3.32. The van der Waals surface area contributed by atoms with Crippen LogP contribution in [0.1, 0.15) is 48.9 Å². The van der Waals surface area contributed by atoms with Gasteiger partial charge in [0.05, 0.1) is 24.3 Å². The van der Waals surface area contributed by atoms with Gasteiger partial charge in [0, 0.05) is 12.6 Å². The van der Waals surface area contributed by atoms with E-state index in [-0.39, 0.29) is 6.04 Å². The van der Waals surface area contributed by atoms with Gasteiger partial charge < -0.3 is 15.0 Å². The van der Waals surface area contributed by atoms with Gasteiger partial charge in [-0.2, -0.15) is 0 Å². The zero-order valence-electron chi connectivity index (χ0n) is 11.2. The molecule has 4 nitrogen and oxygen atoms in total. The number of rotatable bonds is 3. The Morgan fingerprint density at radius 1 is 1.37 bits per heavy atom. The smallest absolute Gasteiger partial charge is 0.115 e. The minimum Gasteiger partial charge on any atom is -0.385 e. The first-order valence-corrected chi connectivity index (χ1v) is 6.69. The van der Waals surface area contributed by atoms with E-state index in [4.69, 9.17) is 0 Å². The Labute approximate surface area is 113 Å². The predicted molar refractivity (Wildman–Crippen MR) is 73.6 cm³/mol. The van der Waals surface area contributed by atoms with E-state index < -0.39 is 6.10 Å². The molecule has 2 heterocycles. The molecule has 19 heavy (non-hydrogen) atoms. The van der Waals surface area contributed by atoms with Gasteiger partial charge in [-0.15, -0.1) is 0 Å². The topological polar surface area (TPSA) is 50.1 Å². The zero-order chi connectivity index (χ0) is 13.4. The molecule has 1 aliphatic heterocycles. The van der Waals surface area contributed by atoms with E-state index >= 15 is 0 Å². The second-order valence-corrected chi connectivity index (χ2v) is 5.32. The molecule has 2 unspecified atom stereocenters. The lowest BCUT2D eigenvalue weighted by Crippen LogP contribution is -2.22. The number of nitrogens with one attached hydrogen (secondary N) is 1. The standard InChI is InChI=1S/C15H19N3O/c1-10(2)18-9-16-8-13(18)15(19)14-12-6-4-3-5-11(12)7-17-14/h3-6,8-10,14-15,17,19H,7H2,1-2H3. The Hall–Kier alpha value is -1.65. The van der Waals surface area contributed by atoms with Crippen LogP contribution in [0, 0.1) is 0 Å². The highest BCUT2D eigenvalue weighted by Crippen LogP contribution is 2.35. The van der Waals surface area contributed by atoms with Crippen LogP contribution in [0.5, 0.6) is 0 Å². The third-order valence-corrected chi connectivity index (χ3v) is 3.77. The lowest BCUT2D eigenvalue weighted by Gasteiger charge is -2.22. The Bertz CT molecular complexity index is 576. The van der Waals surface area contributed by atoms with Gasteiger partial charge in [-0.3, -0.25) is 0 Å². The van der Waals surface area contributed by atoms with Crippen molar-refractivity contribution in [2.75, 3.05) is 0 Å². The molecular weight excluding hydrogens is 238 g/mol. The first-order chi connectivity index (χ1) is 9.18. The molecule has 0 aliphatic carbocycles. The van der Waals surface area contributed by atoms with Gasteiger partial charge in [-0.1, -0.05) is 24.3 Å². The van der Waals surface area contributed by atoms with Crippen molar-refractivity contribution in [1.29, 1.82) is 0 Å². The van der Waals surface area contributed by atoms with Crippen LogP contribution in [0.15, 0.2) is 36.8 Å². The quantitative estimate of drug-likeness (QED) is 0.887. The molecule has 1 aromatic carbocycles. The molecule has 1 aliphatic rings. The van der Waals surface area contributed by atoms with Crippen LogP contribution < -0.4 is 5.32 Å². The Morgan fingerprint density at radius 3 is 2.95 bits per heavy atom. The summed E-state index contributed by atoms with van der Waals surface area (Å²) in [6.07, 6.45) is 2.96. The maximum Gasteiger partial charge on any atom is 0.115 e. The van der Waals surface area contributed by atoms with Crippen LogP contribution in [0.4, 0.5) is 0 Å². The largest absolute Gasteiger partial charge is 0.385 e. The molecule has 2 atom stereocenters. The van der Waals surface area contributed by atoms with Gasteiger partial charge in [0.25, 0.3) is 0 Å². The van der Waals surface area contributed by atoms with Crippen LogP contribution in [0.25, 0.3) is 0 Å². The summed E-state index contributed by atoms with van der Waals surface area (Å²) >= 11 is 0.